The summed E-state index contributed by atoms with van der Waals surface area (Å²) in [5.41, 5.74) is 13.2. The largest absolute Gasteiger partial charge is 0.391 e. The fraction of sp³-hybridized carbons (Fsp3) is 0.423. The van der Waals surface area contributed by atoms with Crippen LogP contribution >= 0.6 is 0 Å². The number of hydrogen-bond acceptors (Lipinski definition) is 3. The van der Waals surface area contributed by atoms with Crippen molar-refractivity contribution < 1.29 is 4.79 Å². The number of rotatable bonds is 6. The molecule has 1 aromatic carbocycles. The van der Waals surface area contributed by atoms with E-state index in [9.17, 15) is 4.79 Å². The highest BCUT2D eigenvalue weighted by Gasteiger charge is 2.37. The van der Waals surface area contributed by atoms with Crippen LogP contribution < -0.4 is 11.1 Å². The van der Waals surface area contributed by atoms with Crippen molar-refractivity contribution in [2.75, 3.05) is 20.1 Å². The van der Waals surface area contributed by atoms with E-state index in [1.165, 1.54) is 16.7 Å². The number of allylic oxidation sites excluding steroid dienone is 5. The molecule has 1 aliphatic carbocycles. The van der Waals surface area contributed by atoms with Crippen LogP contribution in [0.1, 0.15) is 38.3 Å². The van der Waals surface area contributed by atoms with Crippen molar-refractivity contribution in [2.45, 2.75) is 40.2 Å². The Morgan fingerprint density at radius 2 is 1.97 bits per heavy atom. The van der Waals surface area contributed by atoms with Gasteiger partial charge in [-0.1, -0.05) is 42.0 Å². The number of aryl methyl sites for hydroxylation is 1. The van der Waals surface area contributed by atoms with Gasteiger partial charge in [-0.3, -0.25) is 4.79 Å². The zero-order valence-corrected chi connectivity index (χ0v) is 18.9. The molecule has 3 N–H and O–H groups in total. The maximum absolute atomic E-state index is 12.8. The predicted molar refractivity (Wildman–Crippen MR) is 126 cm³/mol. The molecule has 0 saturated carbocycles. The zero-order chi connectivity index (χ0) is 21.8. The van der Waals surface area contributed by atoms with E-state index < -0.39 is 0 Å². The lowest BCUT2D eigenvalue weighted by Gasteiger charge is -2.16. The average molecular weight is 406 g/mol. The van der Waals surface area contributed by atoms with E-state index in [4.69, 9.17) is 5.73 Å². The minimum atomic E-state index is -0.0130. The van der Waals surface area contributed by atoms with Crippen molar-refractivity contribution in [1.82, 2.24) is 10.2 Å². The number of carbonyl (C=O) groups excluding carboxylic acids is 1. The lowest BCUT2D eigenvalue weighted by atomic mass is 9.96. The number of fused-ring (bicyclic) bond motifs is 1. The van der Waals surface area contributed by atoms with Gasteiger partial charge >= 0.3 is 0 Å². The lowest BCUT2D eigenvalue weighted by Crippen LogP contribution is -2.27. The fourth-order valence-corrected chi connectivity index (χ4v) is 4.29. The summed E-state index contributed by atoms with van der Waals surface area (Å²) in [6.07, 6.45) is 9.12. The lowest BCUT2D eigenvalue weighted by molar-refractivity contribution is -0.125. The van der Waals surface area contributed by atoms with Crippen LogP contribution in [0.3, 0.4) is 0 Å². The Morgan fingerprint density at radius 1 is 1.23 bits per heavy atom. The molecular weight excluding hydrogens is 370 g/mol. The number of amides is 1. The summed E-state index contributed by atoms with van der Waals surface area (Å²) in [7, 11) is 1.89. The first-order chi connectivity index (χ1) is 14.3. The Kier molecular flexibility index (Phi) is 6.99. The molecule has 4 nitrogen and oxygen atoms in total. The summed E-state index contributed by atoms with van der Waals surface area (Å²) in [5, 5.41) is 3.17. The Morgan fingerprint density at radius 3 is 2.60 bits per heavy atom. The molecule has 3 atom stereocenters. The average Bonchev–Trinajstić information content (AvgIpc) is 3.29. The quantitative estimate of drug-likeness (QED) is 0.551. The number of nitrogens with zero attached hydrogens (tertiary/aromatic N) is 1. The molecule has 0 radical (unpaired) electrons. The highest BCUT2D eigenvalue weighted by atomic mass is 16.2. The molecule has 1 aromatic rings. The number of hydrogen-bond donors (Lipinski definition) is 2. The number of carbonyl (C=O) groups is 1. The second-order valence-electron chi connectivity index (χ2n) is 8.72. The number of benzene rings is 1. The topological polar surface area (TPSA) is 58.4 Å². The summed E-state index contributed by atoms with van der Waals surface area (Å²) in [5.74, 6) is 1.08. The standard InChI is InChI=1S/C26H35N3O/c1-17-8-6-7-9-25(17)22-13-23-15-29(16-24(23)14-22)26(30)11-10-21(20(4)28-5)12-18(2)19(3)27/h6-13,19,23-24,28H,14-16,27H2,1-5H3/b11-10+,18-12+,21-20-. The molecule has 0 bridgehead atoms. The van der Waals surface area contributed by atoms with Crippen LogP contribution in [0.5, 0.6) is 0 Å². The molecule has 1 heterocycles. The minimum Gasteiger partial charge on any atom is -0.391 e. The van der Waals surface area contributed by atoms with Crippen molar-refractivity contribution in [2.24, 2.45) is 17.6 Å². The number of likely N-dealkylation sites (tertiary alicyclic amines) is 1. The van der Waals surface area contributed by atoms with Crippen LogP contribution in [-0.2, 0) is 4.79 Å². The van der Waals surface area contributed by atoms with Gasteiger partial charge in [-0.15, -0.1) is 0 Å². The minimum absolute atomic E-state index is 0.0130. The highest BCUT2D eigenvalue weighted by Crippen LogP contribution is 2.41. The van der Waals surface area contributed by atoms with Crippen molar-refractivity contribution in [3.05, 3.63) is 76.5 Å². The highest BCUT2D eigenvalue weighted by molar-refractivity contribution is 5.88. The van der Waals surface area contributed by atoms with Gasteiger partial charge in [0, 0.05) is 38.0 Å². The molecule has 0 aromatic heterocycles. The predicted octanol–water partition coefficient (Wildman–Crippen LogP) is 4.20. The summed E-state index contributed by atoms with van der Waals surface area (Å²) < 4.78 is 0. The van der Waals surface area contributed by atoms with Gasteiger partial charge in [-0.25, -0.2) is 0 Å². The van der Waals surface area contributed by atoms with E-state index in [0.29, 0.717) is 11.8 Å². The van der Waals surface area contributed by atoms with E-state index in [2.05, 4.69) is 48.7 Å². The molecule has 3 rings (SSSR count). The van der Waals surface area contributed by atoms with Crippen LogP contribution in [0.4, 0.5) is 0 Å². The van der Waals surface area contributed by atoms with Crippen LogP contribution in [0.2, 0.25) is 0 Å². The van der Waals surface area contributed by atoms with Crippen LogP contribution in [0.15, 0.2) is 65.4 Å². The SMILES string of the molecule is CN/C(C)=C(/C=C/C(=O)N1CC2C=C(c3ccccc3C)CC2C1)\C=C(/C)C(C)N. The summed E-state index contributed by atoms with van der Waals surface area (Å²) in [6, 6.07) is 8.57. The molecule has 30 heavy (non-hydrogen) atoms. The van der Waals surface area contributed by atoms with Gasteiger partial charge in [-0.05, 0) is 74.3 Å². The first-order valence-electron chi connectivity index (χ1n) is 10.9. The molecule has 3 unspecified atom stereocenters. The first kappa shape index (κ1) is 22.1. The van der Waals surface area contributed by atoms with E-state index in [0.717, 1.165) is 36.4 Å². The summed E-state index contributed by atoms with van der Waals surface area (Å²) in [4.78, 5) is 14.8. The maximum atomic E-state index is 12.8. The van der Waals surface area contributed by atoms with E-state index >= 15 is 0 Å². The third-order valence-corrected chi connectivity index (χ3v) is 6.51. The van der Waals surface area contributed by atoms with Crippen molar-refractivity contribution in [1.29, 1.82) is 0 Å². The molecule has 1 saturated heterocycles. The van der Waals surface area contributed by atoms with Gasteiger partial charge in [0.1, 0.15) is 0 Å². The number of nitrogens with two attached hydrogens (primary N) is 1. The molecule has 4 heteroatoms. The Bertz CT molecular complexity index is 920. The van der Waals surface area contributed by atoms with Crippen LogP contribution in [0.25, 0.3) is 5.57 Å². The van der Waals surface area contributed by atoms with Crippen molar-refractivity contribution in [3.8, 4) is 0 Å². The molecule has 1 amide bonds. The van der Waals surface area contributed by atoms with Gasteiger partial charge in [0.15, 0.2) is 0 Å². The second-order valence-corrected chi connectivity index (χ2v) is 8.72. The van der Waals surface area contributed by atoms with Crippen LogP contribution in [-0.4, -0.2) is 37.0 Å². The maximum Gasteiger partial charge on any atom is 0.246 e. The van der Waals surface area contributed by atoms with Gasteiger partial charge in [0.2, 0.25) is 5.91 Å². The van der Waals surface area contributed by atoms with Gasteiger partial charge in [0.25, 0.3) is 0 Å². The molecule has 1 fully saturated rings. The van der Waals surface area contributed by atoms with Gasteiger partial charge in [0.05, 0.1) is 0 Å². The van der Waals surface area contributed by atoms with Crippen LogP contribution in [0, 0.1) is 18.8 Å². The normalized spacial score (nSPS) is 23.3. The summed E-state index contributed by atoms with van der Waals surface area (Å²) >= 11 is 0. The molecule has 1 aliphatic heterocycles. The molecule has 0 spiro atoms. The third kappa shape index (κ3) is 4.93. The van der Waals surface area contributed by atoms with Crippen molar-refractivity contribution in [3.63, 3.8) is 0 Å². The molecule has 2 aliphatic rings. The van der Waals surface area contributed by atoms with E-state index in [1.54, 1.807) is 6.08 Å². The smallest absolute Gasteiger partial charge is 0.246 e. The summed E-state index contributed by atoms with van der Waals surface area (Å²) in [6.45, 7) is 9.80. The van der Waals surface area contributed by atoms with E-state index in [1.807, 2.05) is 38.8 Å². The van der Waals surface area contributed by atoms with Gasteiger partial charge < -0.3 is 16.0 Å². The van der Waals surface area contributed by atoms with Gasteiger partial charge in [-0.2, -0.15) is 0 Å². The molecular formula is C26H35N3O. The number of nitrogens with one attached hydrogen (secondary N) is 1. The fourth-order valence-electron chi connectivity index (χ4n) is 4.29. The monoisotopic (exact) mass is 405 g/mol. The van der Waals surface area contributed by atoms with E-state index in [-0.39, 0.29) is 11.9 Å². The molecule has 160 valence electrons. The van der Waals surface area contributed by atoms with Crippen molar-refractivity contribution >= 4 is 11.5 Å². The Labute approximate surface area is 181 Å². The first-order valence-corrected chi connectivity index (χ1v) is 10.9. The Balaban J connectivity index is 1.68. The third-order valence-electron chi connectivity index (χ3n) is 6.51. The second kappa shape index (κ2) is 9.48. The Hall–Kier alpha value is -2.59. The zero-order valence-electron chi connectivity index (χ0n) is 18.9.